The van der Waals surface area contributed by atoms with Crippen molar-refractivity contribution < 1.29 is 16.4 Å². The Morgan fingerprint density at radius 2 is 0.925 bits per heavy atom. The fraction of sp³-hybridized carbons (Fsp3) is 0. The van der Waals surface area contributed by atoms with Crippen LogP contribution < -0.4 is 0 Å². The molecule has 0 heteroatoms. The molecule has 0 unspecified atom stereocenters. The Balaban J connectivity index is 1.64. The Bertz CT molecular complexity index is 2770. The van der Waals surface area contributed by atoms with Crippen LogP contribution in [0.1, 0.15) is 16.4 Å². The van der Waals surface area contributed by atoms with Gasteiger partial charge in [-0.25, -0.2) is 0 Å². The Kier molecular flexibility index (Phi) is 3.17. The highest BCUT2D eigenvalue weighted by Gasteiger charge is 2.18. The maximum atomic E-state index is 9.27. The maximum absolute atomic E-state index is 9.27. The first-order valence-electron chi connectivity index (χ1n) is 18.9. The molecule has 0 atom stereocenters. The van der Waals surface area contributed by atoms with Crippen LogP contribution in [0.4, 0.5) is 0 Å². The van der Waals surface area contributed by atoms with Crippen LogP contribution in [0, 0.1) is 0 Å². The minimum absolute atomic E-state index is 0.0668. The van der Waals surface area contributed by atoms with Crippen LogP contribution in [0.5, 0.6) is 0 Å². The van der Waals surface area contributed by atoms with Crippen molar-refractivity contribution in [1.29, 1.82) is 0 Å². The van der Waals surface area contributed by atoms with E-state index in [2.05, 4.69) is 6.07 Å². The van der Waals surface area contributed by atoms with Gasteiger partial charge in [-0.1, -0.05) is 151 Å². The van der Waals surface area contributed by atoms with Crippen LogP contribution in [0.25, 0.3) is 76.5 Å². The van der Waals surface area contributed by atoms with Crippen LogP contribution in [0.2, 0.25) is 0 Å². The Labute approximate surface area is 250 Å². The van der Waals surface area contributed by atoms with Crippen molar-refractivity contribution in [3.63, 3.8) is 0 Å². The Hall–Kier alpha value is -5.20. The van der Waals surface area contributed by atoms with Gasteiger partial charge in [0.05, 0.1) is 16.4 Å². The number of rotatable bonds is 3. The highest BCUT2D eigenvalue weighted by Crippen LogP contribution is 2.46. The molecule has 8 rings (SSSR count). The molecule has 186 valence electrons. The summed E-state index contributed by atoms with van der Waals surface area (Å²) in [6.45, 7) is 0. The molecule has 0 N–H and O–H groups in total. The van der Waals surface area contributed by atoms with Crippen molar-refractivity contribution >= 4 is 43.1 Å². The highest BCUT2D eigenvalue weighted by molar-refractivity contribution is 6.24. The van der Waals surface area contributed by atoms with E-state index in [9.17, 15) is 5.48 Å². The third-order valence-corrected chi connectivity index (χ3v) is 7.42. The van der Waals surface area contributed by atoms with Gasteiger partial charge in [-0.15, -0.1) is 0 Å². The molecule has 0 fully saturated rings. The van der Waals surface area contributed by atoms with Crippen molar-refractivity contribution in [3.8, 4) is 33.4 Å². The van der Waals surface area contributed by atoms with Crippen molar-refractivity contribution in [1.82, 2.24) is 0 Å². The molecule has 0 heterocycles. The highest BCUT2D eigenvalue weighted by atomic mass is 14.2. The minimum atomic E-state index is -0.618. The molecular weight excluding hydrogens is 480 g/mol. The molecule has 0 saturated heterocycles. The lowest BCUT2D eigenvalue weighted by Crippen LogP contribution is -1.92. The summed E-state index contributed by atoms with van der Waals surface area (Å²) in [5, 5.41) is 3.10. The number of hydrogen-bond donors (Lipinski definition) is 0. The quantitative estimate of drug-likeness (QED) is 0.204. The Morgan fingerprint density at radius 1 is 0.350 bits per heavy atom. The van der Waals surface area contributed by atoms with Gasteiger partial charge >= 0.3 is 0 Å². The largest absolute Gasteiger partial charge is 0.0629 e. The van der Waals surface area contributed by atoms with E-state index in [0.717, 1.165) is 33.4 Å². The molecule has 0 aliphatic heterocycles. The zero-order chi connectivity index (χ0) is 36.9. The van der Waals surface area contributed by atoms with E-state index in [1.54, 1.807) is 12.1 Å². The average molecular weight is 519 g/mol. The minimum Gasteiger partial charge on any atom is -0.0622 e. The lowest BCUT2D eigenvalue weighted by atomic mass is 9.84. The molecule has 0 bridgehead atoms. The van der Waals surface area contributed by atoms with E-state index < -0.39 is 72.5 Å². The fourth-order valence-electron chi connectivity index (χ4n) is 5.69. The van der Waals surface area contributed by atoms with Crippen LogP contribution in [-0.4, -0.2) is 0 Å². The van der Waals surface area contributed by atoms with E-state index in [1.807, 2.05) is 60.7 Å². The van der Waals surface area contributed by atoms with Gasteiger partial charge in [-0.3, -0.25) is 0 Å². The van der Waals surface area contributed by atoms with Gasteiger partial charge in [0, 0.05) is 0 Å². The zero-order valence-electron chi connectivity index (χ0n) is 33.1. The van der Waals surface area contributed by atoms with E-state index in [1.165, 1.54) is 0 Å². The molecule has 40 heavy (non-hydrogen) atoms. The van der Waals surface area contributed by atoms with Gasteiger partial charge in [0.25, 0.3) is 0 Å². The molecule has 0 aromatic heterocycles. The Morgan fingerprint density at radius 3 is 1.60 bits per heavy atom. The molecule has 0 aliphatic carbocycles. The summed E-state index contributed by atoms with van der Waals surface area (Å²) >= 11 is 0. The van der Waals surface area contributed by atoms with E-state index in [0.29, 0.717) is 10.9 Å². The molecule has 8 aromatic carbocycles. The molecule has 0 amide bonds. The van der Waals surface area contributed by atoms with Gasteiger partial charge in [0.1, 0.15) is 0 Å². The lowest BCUT2D eigenvalue weighted by Gasteiger charge is -2.19. The number of hydrogen-bond acceptors (Lipinski definition) is 0. The molecular formula is C40H26. The van der Waals surface area contributed by atoms with Gasteiger partial charge in [0.15, 0.2) is 0 Å². The molecule has 0 spiro atoms. The van der Waals surface area contributed by atoms with Gasteiger partial charge in [-0.05, 0) is 82.5 Å². The maximum Gasteiger partial charge on any atom is 0.0629 e. The third-order valence-electron chi connectivity index (χ3n) is 7.42. The summed E-state index contributed by atoms with van der Waals surface area (Å²) in [4.78, 5) is 0. The van der Waals surface area contributed by atoms with E-state index in [4.69, 9.17) is 11.0 Å². The second kappa shape index (κ2) is 9.22. The fourth-order valence-corrected chi connectivity index (χ4v) is 5.69. The van der Waals surface area contributed by atoms with Crippen molar-refractivity contribution in [2.45, 2.75) is 0 Å². The van der Waals surface area contributed by atoms with Gasteiger partial charge in [-0.2, -0.15) is 0 Å². The summed E-state index contributed by atoms with van der Waals surface area (Å²) in [6.07, 6.45) is 0. The standard InChI is InChI=1S/C40H26/c1-2-13-28(14-3-1)39-35-16-6-8-18-37(35)40(38-19-9-7-17-36(38)39)34-23-11-21-32-31(20-10-22-33(32)34)30-25-24-27-12-4-5-15-29(27)26-30/h1-26H/i2D,3D,6D,7D,8D,9D,13D,14D,16D,17D,18D,19D. The smallest absolute Gasteiger partial charge is 0.0622 e. The SMILES string of the molecule is [2H]c1cc([2H])c([2H])c(-c2c3c([2H])c([2H])c([2H])c([2H])c3c(-c3cccc4c(-c5ccc6ccccc6c5)cccc34)c3c([2H])c([2H])c([2H])c([2H])c23)c1[2H]. The van der Waals surface area contributed by atoms with Crippen LogP contribution in [-0.2, 0) is 0 Å². The summed E-state index contributed by atoms with van der Waals surface area (Å²) in [5.41, 5.74) is 1.85. The lowest BCUT2D eigenvalue weighted by molar-refractivity contribution is 1.65. The second-order valence-electron chi connectivity index (χ2n) is 9.58. The number of benzene rings is 8. The number of fused-ring (bicyclic) bond motifs is 4. The van der Waals surface area contributed by atoms with E-state index in [-0.39, 0.29) is 38.2 Å². The first-order valence-corrected chi connectivity index (χ1v) is 12.9. The molecule has 0 nitrogen and oxygen atoms in total. The summed E-state index contributed by atoms with van der Waals surface area (Å²) < 4.78 is 106. The monoisotopic (exact) mass is 518 g/mol. The van der Waals surface area contributed by atoms with E-state index >= 15 is 0 Å². The van der Waals surface area contributed by atoms with Crippen LogP contribution in [0.3, 0.4) is 0 Å². The van der Waals surface area contributed by atoms with Gasteiger partial charge < -0.3 is 0 Å². The predicted octanol–water partition coefficient (Wildman–Crippen LogP) is 11.3. The second-order valence-corrected chi connectivity index (χ2v) is 9.58. The zero-order valence-corrected chi connectivity index (χ0v) is 21.1. The van der Waals surface area contributed by atoms with Crippen molar-refractivity contribution in [2.24, 2.45) is 0 Å². The summed E-state index contributed by atoms with van der Waals surface area (Å²) in [6, 6.07) is 20.1. The summed E-state index contributed by atoms with van der Waals surface area (Å²) in [7, 11) is 0. The molecule has 0 aliphatic rings. The average Bonchev–Trinajstić information content (AvgIpc) is 3.15. The topological polar surface area (TPSA) is 0 Å². The first-order chi connectivity index (χ1) is 24.8. The molecule has 8 aromatic rings. The summed E-state index contributed by atoms with van der Waals surface area (Å²) in [5.74, 6) is 0. The van der Waals surface area contributed by atoms with Crippen molar-refractivity contribution in [3.05, 3.63) is 157 Å². The van der Waals surface area contributed by atoms with Crippen LogP contribution in [0.15, 0.2) is 157 Å². The molecule has 0 radical (unpaired) electrons. The molecule has 0 saturated carbocycles. The first kappa shape index (κ1) is 13.7. The predicted molar refractivity (Wildman–Crippen MR) is 173 cm³/mol. The van der Waals surface area contributed by atoms with Crippen LogP contribution >= 0.6 is 0 Å². The third kappa shape index (κ3) is 3.54. The van der Waals surface area contributed by atoms with Crippen molar-refractivity contribution in [2.75, 3.05) is 0 Å². The normalized spacial score (nSPS) is 15.7. The van der Waals surface area contributed by atoms with Gasteiger partial charge in [0.2, 0.25) is 0 Å².